The molecule has 0 heterocycles. The lowest BCUT2D eigenvalue weighted by molar-refractivity contribution is -0.187. The molecule has 0 heteroatoms. The summed E-state index contributed by atoms with van der Waals surface area (Å²) in [7, 11) is 0. The number of rotatable bonds is 1. The number of fused-ring (bicyclic) bond motifs is 5. The standard InChI is InChI=1S/C26H44/c1-7-20-11-12-21-24(20,5)15-13-22-25(21,6)17-16-23(4)18-19(3)10-9-14-26(22,23)8-2/h7,19,21-22H,8-18H2,1-6H3/b20-7-/t19-,21?,22?,23?,24+,25?,26?/m0/s1. The summed E-state index contributed by atoms with van der Waals surface area (Å²) in [6, 6.07) is 0. The number of allylic oxidation sites excluding steroid dienone is 2. The van der Waals surface area contributed by atoms with Gasteiger partial charge in [-0.05, 0) is 104 Å². The molecule has 4 aliphatic carbocycles. The second kappa shape index (κ2) is 6.12. The lowest BCUT2D eigenvalue weighted by atomic mass is 9.36. The summed E-state index contributed by atoms with van der Waals surface area (Å²) in [5.41, 5.74) is 4.11. The van der Waals surface area contributed by atoms with Gasteiger partial charge >= 0.3 is 0 Å². The monoisotopic (exact) mass is 356 g/mol. The molecule has 0 amide bonds. The number of hydrogen-bond donors (Lipinski definition) is 0. The fourth-order valence-electron chi connectivity index (χ4n) is 9.75. The molecule has 0 radical (unpaired) electrons. The molecule has 4 rings (SSSR count). The van der Waals surface area contributed by atoms with E-state index in [4.69, 9.17) is 0 Å². The van der Waals surface area contributed by atoms with Gasteiger partial charge in [-0.25, -0.2) is 0 Å². The van der Waals surface area contributed by atoms with Crippen molar-refractivity contribution in [1.29, 1.82) is 0 Å². The Bertz CT molecular complexity index is 587. The first-order valence-electron chi connectivity index (χ1n) is 11.9. The van der Waals surface area contributed by atoms with Crippen LogP contribution in [0.1, 0.15) is 112 Å². The molecular weight excluding hydrogens is 312 g/mol. The largest absolute Gasteiger partial charge is 0.0879 e. The summed E-state index contributed by atoms with van der Waals surface area (Å²) in [5.74, 6) is 2.85. The normalized spacial score (nSPS) is 55.8. The van der Waals surface area contributed by atoms with Crippen molar-refractivity contribution in [3.8, 4) is 0 Å². The van der Waals surface area contributed by atoms with E-state index >= 15 is 0 Å². The highest BCUT2D eigenvalue weighted by Crippen LogP contribution is 2.75. The second-order valence-electron chi connectivity index (χ2n) is 11.7. The van der Waals surface area contributed by atoms with Crippen LogP contribution in [0.2, 0.25) is 0 Å². The molecule has 0 aliphatic heterocycles. The minimum absolute atomic E-state index is 0.515. The molecule has 0 aromatic rings. The van der Waals surface area contributed by atoms with Crippen LogP contribution in [0.5, 0.6) is 0 Å². The van der Waals surface area contributed by atoms with Gasteiger partial charge < -0.3 is 0 Å². The minimum atomic E-state index is 0.515. The molecule has 7 atom stereocenters. The van der Waals surface area contributed by atoms with E-state index in [1.54, 1.807) is 5.57 Å². The van der Waals surface area contributed by atoms with E-state index in [2.05, 4.69) is 47.6 Å². The Hall–Kier alpha value is -0.260. The molecule has 26 heavy (non-hydrogen) atoms. The Morgan fingerprint density at radius 2 is 1.73 bits per heavy atom. The fraction of sp³-hybridized carbons (Fsp3) is 0.923. The summed E-state index contributed by atoms with van der Waals surface area (Å²) < 4.78 is 0. The topological polar surface area (TPSA) is 0 Å². The van der Waals surface area contributed by atoms with Crippen LogP contribution in [0.25, 0.3) is 0 Å². The van der Waals surface area contributed by atoms with Crippen molar-refractivity contribution in [3.63, 3.8) is 0 Å². The van der Waals surface area contributed by atoms with E-state index < -0.39 is 0 Å². The third-order valence-electron chi connectivity index (χ3n) is 10.9. The molecule has 4 aliphatic rings. The first-order valence-corrected chi connectivity index (χ1v) is 11.9. The zero-order valence-corrected chi connectivity index (χ0v) is 18.6. The van der Waals surface area contributed by atoms with E-state index in [0.29, 0.717) is 21.7 Å². The van der Waals surface area contributed by atoms with E-state index in [0.717, 1.165) is 17.8 Å². The highest BCUT2D eigenvalue weighted by Gasteiger charge is 2.66. The van der Waals surface area contributed by atoms with Crippen molar-refractivity contribution in [2.75, 3.05) is 0 Å². The van der Waals surface area contributed by atoms with Gasteiger partial charge in [0, 0.05) is 0 Å². The van der Waals surface area contributed by atoms with Crippen LogP contribution in [0.15, 0.2) is 11.6 Å². The fourth-order valence-corrected chi connectivity index (χ4v) is 9.75. The van der Waals surface area contributed by atoms with E-state index in [-0.39, 0.29) is 0 Å². The van der Waals surface area contributed by atoms with Crippen molar-refractivity contribution < 1.29 is 0 Å². The van der Waals surface area contributed by atoms with E-state index in [1.807, 2.05) is 0 Å². The quantitative estimate of drug-likeness (QED) is 0.415. The third kappa shape index (κ3) is 2.26. The lowest BCUT2D eigenvalue weighted by Gasteiger charge is -2.68. The van der Waals surface area contributed by atoms with Gasteiger partial charge in [0.15, 0.2) is 0 Å². The van der Waals surface area contributed by atoms with Gasteiger partial charge in [0.2, 0.25) is 0 Å². The van der Waals surface area contributed by atoms with Crippen molar-refractivity contribution in [1.82, 2.24) is 0 Å². The predicted octanol–water partition coefficient (Wildman–Crippen LogP) is 8.17. The molecule has 148 valence electrons. The first kappa shape index (κ1) is 19.1. The summed E-state index contributed by atoms with van der Waals surface area (Å²) in [5, 5.41) is 0. The minimum Gasteiger partial charge on any atom is -0.0879 e. The first-order chi connectivity index (χ1) is 12.3. The van der Waals surface area contributed by atoms with Crippen molar-refractivity contribution >= 4 is 0 Å². The molecule has 0 saturated heterocycles. The lowest BCUT2D eigenvalue weighted by Crippen LogP contribution is -2.60. The van der Waals surface area contributed by atoms with Gasteiger partial charge in [0.25, 0.3) is 0 Å². The van der Waals surface area contributed by atoms with Gasteiger partial charge in [-0.15, -0.1) is 0 Å². The molecule has 0 aromatic heterocycles. The Morgan fingerprint density at radius 1 is 0.962 bits per heavy atom. The predicted molar refractivity (Wildman–Crippen MR) is 113 cm³/mol. The van der Waals surface area contributed by atoms with Crippen LogP contribution < -0.4 is 0 Å². The Morgan fingerprint density at radius 3 is 2.42 bits per heavy atom. The van der Waals surface area contributed by atoms with Gasteiger partial charge in [-0.1, -0.05) is 59.1 Å². The average Bonchev–Trinajstić information content (AvgIpc) is 2.88. The smallest absolute Gasteiger partial charge is 0.00827 e. The van der Waals surface area contributed by atoms with E-state index in [9.17, 15) is 0 Å². The Balaban J connectivity index is 1.78. The van der Waals surface area contributed by atoms with Gasteiger partial charge in [0.1, 0.15) is 0 Å². The van der Waals surface area contributed by atoms with Crippen molar-refractivity contribution in [2.45, 2.75) is 112 Å². The zero-order valence-electron chi connectivity index (χ0n) is 18.6. The van der Waals surface area contributed by atoms with Crippen LogP contribution in [0.4, 0.5) is 0 Å². The Labute approximate surface area is 163 Å². The summed E-state index contributed by atoms with van der Waals surface area (Å²) in [6.45, 7) is 15.5. The van der Waals surface area contributed by atoms with Crippen LogP contribution in [0.3, 0.4) is 0 Å². The molecule has 0 spiro atoms. The van der Waals surface area contributed by atoms with Gasteiger partial charge in [-0.2, -0.15) is 0 Å². The maximum Gasteiger partial charge on any atom is -0.00827 e. The maximum absolute atomic E-state index is 2.75. The van der Waals surface area contributed by atoms with Crippen LogP contribution in [-0.4, -0.2) is 0 Å². The zero-order chi connectivity index (χ0) is 18.8. The van der Waals surface area contributed by atoms with Crippen LogP contribution in [-0.2, 0) is 0 Å². The second-order valence-corrected chi connectivity index (χ2v) is 11.7. The molecule has 4 fully saturated rings. The molecule has 4 saturated carbocycles. The van der Waals surface area contributed by atoms with Crippen molar-refractivity contribution in [3.05, 3.63) is 11.6 Å². The van der Waals surface area contributed by atoms with Crippen molar-refractivity contribution in [2.24, 2.45) is 39.4 Å². The number of hydrogen-bond acceptors (Lipinski definition) is 0. The Kier molecular flexibility index (Phi) is 4.49. The molecular formula is C26H44. The van der Waals surface area contributed by atoms with Gasteiger partial charge in [-0.3, -0.25) is 0 Å². The maximum atomic E-state index is 2.75. The van der Waals surface area contributed by atoms with Crippen LogP contribution in [0, 0.1) is 39.4 Å². The summed E-state index contributed by atoms with van der Waals surface area (Å²) >= 11 is 0. The SMILES string of the molecule is C/C=C1/CCC2C3(C)CCC4(C)C[C@@H](C)CCCC4(CC)C3CC[C@]12C. The van der Waals surface area contributed by atoms with Gasteiger partial charge in [0.05, 0.1) is 0 Å². The molecule has 5 unspecified atom stereocenters. The molecule has 0 nitrogen and oxygen atoms in total. The third-order valence-corrected chi connectivity index (χ3v) is 10.9. The van der Waals surface area contributed by atoms with E-state index in [1.165, 1.54) is 70.6 Å². The summed E-state index contributed by atoms with van der Waals surface area (Å²) in [4.78, 5) is 0. The molecule has 0 N–H and O–H groups in total. The highest BCUT2D eigenvalue weighted by atomic mass is 14.7. The average molecular weight is 357 g/mol. The van der Waals surface area contributed by atoms with Crippen LogP contribution >= 0.6 is 0 Å². The molecule has 0 aromatic carbocycles. The molecule has 0 bridgehead atoms. The highest BCUT2D eigenvalue weighted by molar-refractivity contribution is 5.26. The summed E-state index contributed by atoms with van der Waals surface area (Å²) in [6.07, 6.45) is 18.7.